The molecule has 0 fully saturated rings. The van der Waals surface area contributed by atoms with Crippen molar-refractivity contribution in [2.45, 2.75) is 26.8 Å². The number of carbonyl (C=O) groups is 1. The summed E-state index contributed by atoms with van der Waals surface area (Å²) in [6, 6.07) is 3.32. The highest BCUT2D eigenvalue weighted by Gasteiger charge is 2.26. The lowest BCUT2D eigenvalue weighted by atomic mass is 9.87. The Balaban J connectivity index is 2.83. The van der Waals surface area contributed by atoms with Gasteiger partial charge in [0.1, 0.15) is 6.04 Å². The van der Waals surface area contributed by atoms with Crippen LogP contribution in [0.4, 0.5) is 0 Å². The molecule has 0 spiro atoms. The SMILES string of the molecule is CC(C)(C)[C@H](C#N)NC(=O)c1cncc(I)c1. The minimum Gasteiger partial charge on any atom is -0.336 e. The maximum atomic E-state index is 11.9. The standard InChI is InChI=1S/C12H14IN3O/c1-12(2,3)10(5-14)16-11(17)8-4-9(13)7-15-6-8/h4,6-7,10H,1-3H3,(H,16,17)/t10-/m0/s1. The van der Waals surface area contributed by atoms with Gasteiger partial charge < -0.3 is 5.32 Å². The van der Waals surface area contributed by atoms with E-state index in [4.69, 9.17) is 5.26 Å². The van der Waals surface area contributed by atoms with E-state index >= 15 is 0 Å². The van der Waals surface area contributed by atoms with Gasteiger partial charge in [0, 0.05) is 16.0 Å². The highest BCUT2D eigenvalue weighted by atomic mass is 127. The highest BCUT2D eigenvalue weighted by molar-refractivity contribution is 14.1. The molecule has 0 unspecified atom stereocenters. The topological polar surface area (TPSA) is 65.8 Å². The van der Waals surface area contributed by atoms with Crippen LogP contribution in [-0.2, 0) is 0 Å². The van der Waals surface area contributed by atoms with Crippen LogP contribution in [0.3, 0.4) is 0 Å². The van der Waals surface area contributed by atoms with Gasteiger partial charge in [-0.1, -0.05) is 20.8 Å². The van der Waals surface area contributed by atoms with Crippen molar-refractivity contribution in [1.82, 2.24) is 10.3 Å². The Hall–Kier alpha value is -1.16. The molecule has 1 N–H and O–H groups in total. The van der Waals surface area contributed by atoms with Gasteiger partial charge in [-0.05, 0) is 34.1 Å². The average Bonchev–Trinajstić information content (AvgIpc) is 2.23. The number of hydrogen-bond acceptors (Lipinski definition) is 3. The second kappa shape index (κ2) is 5.45. The number of hydrogen-bond donors (Lipinski definition) is 1. The zero-order chi connectivity index (χ0) is 13.1. The fourth-order valence-corrected chi connectivity index (χ4v) is 1.69. The van der Waals surface area contributed by atoms with Gasteiger partial charge >= 0.3 is 0 Å². The smallest absolute Gasteiger partial charge is 0.253 e. The number of amides is 1. The second-order valence-electron chi connectivity index (χ2n) is 4.79. The van der Waals surface area contributed by atoms with Gasteiger partial charge in [-0.15, -0.1) is 0 Å². The van der Waals surface area contributed by atoms with Crippen LogP contribution in [0.15, 0.2) is 18.5 Å². The third-order valence-corrected chi connectivity index (χ3v) is 2.83. The van der Waals surface area contributed by atoms with Gasteiger partial charge in [0.2, 0.25) is 0 Å². The monoisotopic (exact) mass is 343 g/mol. The van der Waals surface area contributed by atoms with E-state index in [0.29, 0.717) is 5.56 Å². The molecule has 1 heterocycles. The second-order valence-corrected chi connectivity index (χ2v) is 6.04. The number of nitrogens with zero attached hydrogens (tertiary/aromatic N) is 2. The van der Waals surface area contributed by atoms with Crippen molar-refractivity contribution in [2.75, 3.05) is 0 Å². The zero-order valence-electron chi connectivity index (χ0n) is 9.99. The minimum atomic E-state index is -0.520. The largest absolute Gasteiger partial charge is 0.336 e. The molecule has 1 rings (SSSR count). The maximum Gasteiger partial charge on any atom is 0.253 e. The number of pyridine rings is 1. The molecule has 0 bridgehead atoms. The van der Waals surface area contributed by atoms with E-state index in [2.05, 4.69) is 39.0 Å². The molecule has 5 heteroatoms. The fourth-order valence-electron chi connectivity index (χ4n) is 1.19. The number of carbonyl (C=O) groups excluding carboxylic acids is 1. The molecule has 0 saturated carbocycles. The van der Waals surface area contributed by atoms with Crippen LogP contribution < -0.4 is 5.32 Å². The Morgan fingerprint density at radius 3 is 2.65 bits per heavy atom. The van der Waals surface area contributed by atoms with E-state index < -0.39 is 6.04 Å². The summed E-state index contributed by atoms with van der Waals surface area (Å²) in [5, 5.41) is 11.7. The number of nitrogens with one attached hydrogen (secondary N) is 1. The molecule has 0 aromatic carbocycles. The lowest BCUT2D eigenvalue weighted by Gasteiger charge is -2.25. The van der Waals surface area contributed by atoms with E-state index in [0.717, 1.165) is 3.57 Å². The Bertz CT molecular complexity index is 460. The van der Waals surface area contributed by atoms with Crippen molar-refractivity contribution < 1.29 is 4.79 Å². The lowest BCUT2D eigenvalue weighted by Crippen LogP contribution is -2.42. The first-order valence-corrected chi connectivity index (χ1v) is 6.23. The summed E-state index contributed by atoms with van der Waals surface area (Å²) < 4.78 is 0.888. The van der Waals surface area contributed by atoms with Crippen molar-refractivity contribution in [3.05, 3.63) is 27.6 Å². The summed E-state index contributed by atoms with van der Waals surface area (Å²) in [4.78, 5) is 15.9. The molecule has 0 aliphatic carbocycles. The maximum absolute atomic E-state index is 11.9. The van der Waals surface area contributed by atoms with E-state index in [9.17, 15) is 4.79 Å². The van der Waals surface area contributed by atoms with Crippen molar-refractivity contribution in [3.8, 4) is 6.07 Å². The molecule has 1 atom stereocenters. The lowest BCUT2D eigenvalue weighted by molar-refractivity contribution is 0.0921. The molecule has 0 aliphatic rings. The van der Waals surface area contributed by atoms with Gasteiger partial charge in [0.05, 0.1) is 11.6 Å². The minimum absolute atomic E-state index is 0.266. The Morgan fingerprint density at radius 1 is 1.53 bits per heavy atom. The van der Waals surface area contributed by atoms with Crippen molar-refractivity contribution in [2.24, 2.45) is 5.41 Å². The predicted molar refractivity (Wildman–Crippen MR) is 73.3 cm³/mol. The Labute approximate surface area is 115 Å². The molecule has 0 saturated heterocycles. The number of aromatic nitrogens is 1. The third-order valence-electron chi connectivity index (χ3n) is 2.24. The summed E-state index contributed by atoms with van der Waals surface area (Å²) in [5.41, 5.74) is 0.182. The Morgan fingerprint density at radius 2 is 2.18 bits per heavy atom. The van der Waals surface area contributed by atoms with Gasteiger partial charge in [0.25, 0.3) is 5.91 Å². The quantitative estimate of drug-likeness (QED) is 0.839. The summed E-state index contributed by atoms with van der Waals surface area (Å²) >= 11 is 2.09. The molecule has 1 aromatic rings. The number of halogens is 1. The average molecular weight is 343 g/mol. The zero-order valence-corrected chi connectivity index (χ0v) is 12.1. The Kier molecular flexibility index (Phi) is 4.46. The summed E-state index contributed by atoms with van der Waals surface area (Å²) in [6.45, 7) is 5.73. The van der Waals surface area contributed by atoms with Crippen LogP contribution >= 0.6 is 22.6 Å². The molecule has 1 aromatic heterocycles. The normalized spacial score (nSPS) is 12.6. The van der Waals surface area contributed by atoms with Crippen LogP contribution in [0.2, 0.25) is 0 Å². The first-order chi connectivity index (χ1) is 7.84. The third kappa shape index (κ3) is 3.97. The fraction of sp³-hybridized carbons (Fsp3) is 0.417. The van der Waals surface area contributed by atoms with Gasteiger partial charge in [-0.2, -0.15) is 5.26 Å². The molecular weight excluding hydrogens is 329 g/mol. The molecule has 0 radical (unpaired) electrons. The summed E-state index contributed by atoms with van der Waals surface area (Å²) in [5.74, 6) is -0.266. The molecule has 17 heavy (non-hydrogen) atoms. The molecule has 0 aliphatic heterocycles. The van der Waals surface area contributed by atoms with E-state index in [1.54, 1.807) is 12.3 Å². The summed E-state index contributed by atoms with van der Waals surface area (Å²) in [6.07, 6.45) is 3.16. The van der Waals surface area contributed by atoms with Crippen molar-refractivity contribution >= 4 is 28.5 Å². The van der Waals surface area contributed by atoms with Gasteiger partial charge in [-0.25, -0.2) is 0 Å². The van der Waals surface area contributed by atoms with Crippen LogP contribution in [0.25, 0.3) is 0 Å². The van der Waals surface area contributed by atoms with Crippen LogP contribution in [0, 0.1) is 20.3 Å². The first-order valence-electron chi connectivity index (χ1n) is 5.15. The molecule has 90 valence electrons. The van der Waals surface area contributed by atoms with E-state index in [1.807, 2.05) is 20.8 Å². The van der Waals surface area contributed by atoms with E-state index in [-0.39, 0.29) is 11.3 Å². The van der Waals surface area contributed by atoms with Crippen molar-refractivity contribution in [1.29, 1.82) is 5.26 Å². The van der Waals surface area contributed by atoms with Crippen molar-refractivity contribution in [3.63, 3.8) is 0 Å². The highest BCUT2D eigenvalue weighted by Crippen LogP contribution is 2.19. The van der Waals surface area contributed by atoms with Crippen LogP contribution in [-0.4, -0.2) is 16.9 Å². The number of nitriles is 1. The molecule has 4 nitrogen and oxygen atoms in total. The molecule has 1 amide bonds. The summed E-state index contributed by atoms with van der Waals surface area (Å²) in [7, 11) is 0. The van der Waals surface area contributed by atoms with Gasteiger partial charge in [-0.3, -0.25) is 9.78 Å². The molecular formula is C12H14IN3O. The van der Waals surface area contributed by atoms with E-state index in [1.165, 1.54) is 6.20 Å². The van der Waals surface area contributed by atoms with Crippen LogP contribution in [0.1, 0.15) is 31.1 Å². The number of rotatable bonds is 2. The predicted octanol–water partition coefficient (Wildman–Crippen LogP) is 2.35. The van der Waals surface area contributed by atoms with Gasteiger partial charge in [0.15, 0.2) is 0 Å². The first kappa shape index (κ1) is 13.9. The van der Waals surface area contributed by atoms with Crippen LogP contribution in [0.5, 0.6) is 0 Å².